The summed E-state index contributed by atoms with van der Waals surface area (Å²) in [4.78, 5) is 12.2. The molecule has 0 amide bonds. The van der Waals surface area contributed by atoms with E-state index in [2.05, 4.69) is 33.3 Å². The van der Waals surface area contributed by atoms with Gasteiger partial charge < -0.3 is 10.1 Å². The van der Waals surface area contributed by atoms with E-state index in [1.807, 2.05) is 11.8 Å². The molecule has 0 saturated heterocycles. The number of aromatic nitrogens is 2. The Balaban J connectivity index is 2.10. The van der Waals surface area contributed by atoms with Gasteiger partial charge in [0, 0.05) is 18.4 Å². The number of ether oxygens (including phenoxy) is 1. The Morgan fingerprint density at radius 2 is 2.38 bits per heavy atom. The summed E-state index contributed by atoms with van der Waals surface area (Å²) in [5.41, 5.74) is 0.678. The Morgan fingerprint density at radius 1 is 1.57 bits per heavy atom. The number of methoxy groups -OCH3 is 1. The summed E-state index contributed by atoms with van der Waals surface area (Å²) in [6.07, 6.45) is 5.36. The number of hydrogen-bond acceptors (Lipinski definition) is 5. The highest BCUT2D eigenvalue weighted by atomic mass is 79.9. The molecule has 0 bridgehead atoms. The van der Waals surface area contributed by atoms with Crippen LogP contribution in [0.4, 0.5) is 5.69 Å². The smallest absolute Gasteiger partial charge is 0.283 e. The Morgan fingerprint density at radius 3 is 3.10 bits per heavy atom. The van der Waals surface area contributed by atoms with Gasteiger partial charge in [-0.15, -0.1) is 0 Å². The SMILES string of the molecule is CCSC1CCCC1Nc1cnn(CCOC)c(=O)c1Br. The average molecular weight is 376 g/mol. The molecule has 0 aromatic carbocycles. The Hall–Kier alpha value is -0.530. The van der Waals surface area contributed by atoms with Crippen molar-refractivity contribution in [2.75, 3.05) is 24.8 Å². The molecular formula is C14H22BrN3O2S. The van der Waals surface area contributed by atoms with Crippen molar-refractivity contribution < 1.29 is 4.74 Å². The van der Waals surface area contributed by atoms with Crippen LogP contribution in [-0.2, 0) is 11.3 Å². The first kappa shape index (κ1) is 16.8. The van der Waals surface area contributed by atoms with Gasteiger partial charge in [-0.05, 0) is 34.5 Å². The van der Waals surface area contributed by atoms with Crippen molar-refractivity contribution in [3.05, 3.63) is 21.0 Å². The zero-order valence-corrected chi connectivity index (χ0v) is 14.9. The summed E-state index contributed by atoms with van der Waals surface area (Å²) >= 11 is 5.40. The van der Waals surface area contributed by atoms with Crippen LogP contribution in [0.1, 0.15) is 26.2 Å². The predicted molar refractivity (Wildman–Crippen MR) is 91.3 cm³/mol. The van der Waals surface area contributed by atoms with E-state index < -0.39 is 0 Å². The van der Waals surface area contributed by atoms with Gasteiger partial charge in [-0.25, -0.2) is 4.68 Å². The fourth-order valence-corrected chi connectivity index (χ4v) is 4.23. The van der Waals surface area contributed by atoms with Gasteiger partial charge in [0.1, 0.15) is 4.47 Å². The van der Waals surface area contributed by atoms with Crippen molar-refractivity contribution in [2.24, 2.45) is 0 Å². The molecule has 2 atom stereocenters. The highest BCUT2D eigenvalue weighted by Crippen LogP contribution is 2.32. The molecule has 5 nitrogen and oxygen atoms in total. The molecule has 0 spiro atoms. The third kappa shape index (κ3) is 4.23. The maximum atomic E-state index is 12.2. The van der Waals surface area contributed by atoms with Crippen molar-refractivity contribution in [3.63, 3.8) is 0 Å². The third-order valence-corrected chi connectivity index (χ3v) is 5.76. The lowest BCUT2D eigenvalue weighted by Crippen LogP contribution is -2.30. The number of rotatable bonds is 7. The van der Waals surface area contributed by atoms with E-state index in [-0.39, 0.29) is 5.56 Å². The minimum absolute atomic E-state index is 0.116. The van der Waals surface area contributed by atoms with E-state index in [1.165, 1.54) is 17.5 Å². The van der Waals surface area contributed by atoms with E-state index in [1.54, 1.807) is 13.3 Å². The average Bonchev–Trinajstić information content (AvgIpc) is 2.91. The first-order chi connectivity index (χ1) is 10.2. The molecule has 1 aromatic heterocycles. The van der Waals surface area contributed by atoms with E-state index >= 15 is 0 Å². The molecule has 1 aromatic rings. The molecule has 2 rings (SSSR count). The lowest BCUT2D eigenvalue weighted by atomic mass is 10.2. The lowest BCUT2D eigenvalue weighted by molar-refractivity contribution is 0.181. The lowest BCUT2D eigenvalue weighted by Gasteiger charge is -2.21. The van der Waals surface area contributed by atoms with Crippen molar-refractivity contribution in [1.82, 2.24) is 9.78 Å². The van der Waals surface area contributed by atoms with Crippen LogP contribution >= 0.6 is 27.7 Å². The summed E-state index contributed by atoms with van der Waals surface area (Å²) in [7, 11) is 1.61. The summed E-state index contributed by atoms with van der Waals surface area (Å²) in [5.74, 6) is 1.13. The molecular weight excluding hydrogens is 354 g/mol. The Kier molecular flexibility index (Phi) is 6.57. The third-order valence-electron chi connectivity index (χ3n) is 3.67. The largest absolute Gasteiger partial charge is 0.383 e. The van der Waals surface area contributed by atoms with Crippen LogP contribution in [0.5, 0.6) is 0 Å². The normalized spacial score (nSPS) is 21.7. The Labute approximate surface area is 138 Å². The standard InChI is InChI=1S/C14H22BrN3O2S/c1-3-21-12-6-4-5-10(12)17-11-9-16-18(7-8-20-2)14(19)13(11)15/h9-10,12,17H,3-8H2,1-2H3. The van der Waals surface area contributed by atoms with Crippen LogP contribution in [0.15, 0.2) is 15.5 Å². The van der Waals surface area contributed by atoms with E-state index in [0.717, 1.165) is 17.9 Å². The minimum Gasteiger partial charge on any atom is -0.383 e. The summed E-state index contributed by atoms with van der Waals surface area (Å²) in [6, 6.07) is 0.419. The van der Waals surface area contributed by atoms with Gasteiger partial charge >= 0.3 is 0 Å². The van der Waals surface area contributed by atoms with Crippen molar-refractivity contribution in [2.45, 2.75) is 44.0 Å². The number of halogens is 1. The van der Waals surface area contributed by atoms with Crippen LogP contribution < -0.4 is 10.9 Å². The maximum Gasteiger partial charge on any atom is 0.283 e. The summed E-state index contributed by atoms with van der Waals surface area (Å²) in [6.45, 7) is 3.13. The van der Waals surface area contributed by atoms with Crippen LogP contribution in [0.3, 0.4) is 0 Å². The molecule has 2 unspecified atom stereocenters. The van der Waals surface area contributed by atoms with Gasteiger partial charge in [-0.3, -0.25) is 4.79 Å². The van der Waals surface area contributed by atoms with Gasteiger partial charge in [0.25, 0.3) is 5.56 Å². The second-order valence-electron chi connectivity index (χ2n) is 5.07. The van der Waals surface area contributed by atoms with Crippen LogP contribution in [0, 0.1) is 0 Å². The molecule has 1 saturated carbocycles. The number of hydrogen-bond donors (Lipinski definition) is 1. The van der Waals surface area contributed by atoms with Crippen molar-refractivity contribution in [3.8, 4) is 0 Å². The topological polar surface area (TPSA) is 56.1 Å². The highest BCUT2D eigenvalue weighted by Gasteiger charge is 2.27. The van der Waals surface area contributed by atoms with E-state index in [0.29, 0.717) is 28.9 Å². The second-order valence-corrected chi connectivity index (χ2v) is 7.38. The minimum atomic E-state index is -0.116. The quantitative estimate of drug-likeness (QED) is 0.793. The van der Waals surface area contributed by atoms with E-state index in [4.69, 9.17) is 4.74 Å². The fraction of sp³-hybridized carbons (Fsp3) is 0.714. The molecule has 1 N–H and O–H groups in total. The van der Waals surface area contributed by atoms with E-state index in [9.17, 15) is 4.79 Å². The summed E-state index contributed by atoms with van der Waals surface area (Å²) < 4.78 is 6.96. The number of nitrogens with one attached hydrogen (secondary N) is 1. The highest BCUT2D eigenvalue weighted by molar-refractivity contribution is 9.10. The molecule has 1 aliphatic carbocycles. The monoisotopic (exact) mass is 375 g/mol. The van der Waals surface area contributed by atoms with Gasteiger partial charge in [0.05, 0.1) is 25.0 Å². The number of thioether (sulfide) groups is 1. The molecule has 0 aliphatic heterocycles. The molecule has 1 aliphatic rings. The fourth-order valence-electron chi connectivity index (χ4n) is 2.61. The molecule has 7 heteroatoms. The summed E-state index contributed by atoms with van der Waals surface area (Å²) in [5, 5.41) is 8.33. The van der Waals surface area contributed by atoms with Crippen LogP contribution in [0.25, 0.3) is 0 Å². The van der Waals surface area contributed by atoms with Crippen LogP contribution in [-0.4, -0.2) is 40.5 Å². The first-order valence-electron chi connectivity index (χ1n) is 7.30. The zero-order chi connectivity index (χ0) is 15.2. The molecule has 1 heterocycles. The van der Waals surface area contributed by atoms with Gasteiger partial charge in [0.15, 0.2) is 0 Å². The molecule has 0 radical (unpaired) electrons. The zero-order valence-electron chi connectivity index (χ0n) is 12.5. The predicted octanol–water partition coefficient (Wildman–Crippen LogP) is 2.74. The maximum absolute atomic E-state index is 12.2. The molecule has 118 valence electrons. The Bertz CT molecular complexity index is 523. The van der Waals surface area contributed by atoms with Gasteiger partial charge in [0.2, 0.25) is 0 Å². The number of anilines is 1. The van der Waals surface area contributed by atoms with Crippen LogP contribution in [0.2, 0.25) is 0 Å². The first-order valence-corrected chi connectivity index (χ1v) is 9.14. The van der Waals surface area contributed by atoms with Gasteiger partial charge in [-0.1, -0.05) is 13.3 Å². The van der Waals surface area contributed by atoms with Crippen molar-refractivity contribution >= 4 is 33.4 Å². The second kappa shape index (κ2) is 8.19. The molecule has 21 heavy (non-hydrogen) atoms. The molecule has 1 fully saturated rings. The number of nitrogens with zero attached hydrogens (tertiary/aromatic N) is 2. The van der Waals surface area contributed by atoms with Crippen molar-refractivity contribution in [1.29, 1.82) is 0 Å². The van der Waals surface area contributed by atoms with Gasteiger partial charge in [-0.2, -0.15) is 16.9 Å².